The van der Waals surface area contributed by atoms with Gasteiger partial charge in [-0.3, -0.25) is 9.69 Å². The van der Waals surface area contributed by atoms with E-state index < -0.39 is 0 Å². The van der Waals surface area contributed by atoms with Gasteiger partial charge < -0.3 is 10.1 Å². The molecule has 1 N–H and O–H groups in total. The Hall–Kier alpha value is -1.55. The highest BCUT2D eigenvalue weighted by Crippen LogP contribution is 2.33. The van der Waals surface area contributed by atoms with E-state index in [9.17, 15) is 4.79 Å². The number of hydrogen-bond acceptors (Lipinski definition) is 3. The molecular weight excluding hydrogens is 312 g/mol. The van der Waals surface area contributed by atoms with Crippen molar-refractivity contribution in [1.82, 2.24) is 10.2 Å². The third kappa shape index (κ3) is 5.21. The third-order valence-electron chi connectivity index (χ3n) is 5.66. The average Bonchev–Trinajstić information content (AvgIpc) is 3.05. The highest BCUT2D eigenvalue weighted by Gasteiger charge is 2.28. The lowest BCUT2D eigenvalue weighted by atomic mass is 9.97. The fraction of sp³-hybridized carbons (Fsp3) is 0.667. The van der Waals surface area contributed by atoms with Crippen molar-refractivity contribution in [1.29, 1.82) is 0 Å². The van der Waals surface area contributed by atoms with Gasteiger partial charge in [0.15, 0.2) is 0 Å². The molecule has 1 aromatic rings. The fourth-order valence-corrected chi connectivity index (χ4v) is 4.30. The first-order valence-electron chi connectivity index (χ1n) is 9.93. The summed E-state index contributed by atoms with van der Waals surface area (Å²) in [5, 5.41) is 3.30. The van der Waals surface area contributed by atoms with Gasteiger partial charge in [-0.05, 0) is 49.9 Å². The molecule has 1 saturated heterocycles. The molecule has 1 saturated carbocycles. The summed E-state index contributed by atoms with van der Waals surface area (Å²) in [4.78, 5) is 14.9. The minimum atomic E-state index is 0.195. The van der Waals surface area contributed by atoms with Crippen LogP contribution in [0.15, 0.2) is 24.3 Å². The van der Waals surface area contributed by atoms with E-state index in [1.807, 2.05) is 12.1 Å². The Bertz CT molecular complexity index is 553. The molecule has 4 nitrogen and oxygen atoms in total. The van der Waals surface area contributed by atoms with E-state index in [-0.39, 0.29) is 5.91 Å². The Morgan fingerprint density at radius 1 is 1.12 bits per heavy atom. The van der Waals surface area contributed by atoms with Crippen molar-refractivity contribution in [3.63, 3.8) is 0 Å². The van der Waals surface area contributed by atoms with Crippen LogP contribution in [0.4, 0.5) is 0 Å². The lowest BCUT2D eigenvalue weighted by molar-refractivity contribution is -0.123. The van der Waals surface area contributed by atoms with E-state index in [4.69, 9.17) is 4.74 Å². The zero-order chi connectivity index (χ0) is 17.5. The van der Waals surface area contributed by atoms with Crippen LogP contribution in [0.5, 0.6) is 5.75 Å². The summed E-state index contributed by atoms with van der Waals surface area (Å²) in [7, 11) is 1.70. The Balaban J connectivity index is 1.56. The SMILES string of the molecule is COc1cccc(C2CCCN2CC(=O)NC2CCCCCCC2)c1. The summed E-state index contributed by atoms with van der Waals surface area (Å²) in [5.74, 6) is 1.09. The predicted molar refractivity (Wildman–Crippen MR) is 101 cm³/mol. The van der Waals surface area contributed by atoms with Gasteiger partial charge in [0.2, 0.25) is 5.91 Å². The lowest BCUT2D eigenvalue weighted by Crippen LogP contribution is -2.42. The van der Waals surface area contributed by atoms with Gasteiger partial charge in [0, 0.05) is 12.1 Å². The molecule has 25 heavy (non-hydrogen) atoms. The van der Waals surface area contributed by atoms with Crippen LogP contribution in [-0.2, 0) is 4.79 Å². The van der Waals surface area contributed by atoms with Crippen LogP contribution in [0.25, 0.3) is 0 Å². The number of methoxy groups -OCH3 is 1. The number of amides is 1. The van der Waals surface area contributed by atoms with Gasteiger partial charge in [-0.2, -0.15) is 0 Å². The number of ether oxygens (including phenoxy) is 1. The number of rotatable bonds is 5. The maximum atomic E-state index is 12.6. The molecule has 0 spiro atoms. The van der Waals surface area contributed by atoms with Crippen LogP contribution in [0, 0.1) is 0 Å². The summed E-state index contributed by atoms with van der Waals surface area (Å²) < 4.78 is 5.36. The van der Waals surface area contributed by atoms with Gasteiger partial charge in [-0.1, -0.05) is 44.2 Å². The second-order valence-corrected chi connectivity index (χ2v) is 7.51. The maximum absolute atomic E-state index is 12.6. The molecule has 0 aromatic heterocycles. The van der Waals surface area contributed by atoms with E-state index in [0.717, 1.165) is 38.0 Å². The van der Waals surface area contributed by atoms with Gasteiger partial charge in [0.1, 0.15) is 5.75 Å². The molecule has 1 heterocycles. The topological polar surface area (TPSA) is 41.6 Å². The average molecular weight is 344 g/mol. The lowest BCUT2D eigenvalue weighted by Gasteiger charge is -2.26. The van der Waals surface area contributed by atoms with Gasteiger partial charge >= 0.3 is 0 Å². The van der Waals surface area contributed by atoms with E-state index in [2.05, 4.69) is 22.3 Å². The smallest absolute Gasteiger partial charge is 0.234 e. The van der Waals surface area contributed by atoms with E-state index >= 15 is 0 Å². The molecule has 0 radical (unpaired) electrons. The zero-order valence-electron chi connectivity index (χ0n) is 15.5. The van der Waals surface area contributed by atoms with E-state index in [0.29, 0.717) is 18.6 Å². The van der Waals surface area contributed by atoms with Gasteiger partial charge in [-0.15, -0.1) is 0 Å². The van der Waals surface area contributed by atoms with Gasteiger partial charge in [-0.25, -0.2) is 0 Å². The molecule has 2 aliphatic rings. The highest BCUT2D eigenvalue weighted by molar-refractivity contribution is 5.78. The fourth-order valence-electron chi connectivity index (χ4n) is 4.30. The quantitative estimate of drug-likeness (QED) is 0.876. The number of hydrogen-bond donors (Lipinski definition) is 1. The third-order valence-corrected chi connectivity index (χ3v) is 5.66. The molecule has 1 aromatic carbocycles. The number of nitrogens with zero attached hydrogens (tertiary/aromatic N) is 1. The molecule has 1 amide bonds. The molecule has 1 unspecified atom stereocenters. The first-order chi connectivity index (χ1) is 12.3. The normalized spacial score (nSPS) is 23.0. The molecule has 2 fully saturated rings. The van der Waals surface area contributed by atoms with Crippen molar-refractivity contribution < 1.29 is 9.53 Å². The molecule has 1 aliphatic carbocycles. The first kappa shape index (κ1) is 18.2. The number of likely N-dealkylation sites (tertiary alicyclic amines) is 1. The first-order valence-corrected chi connectivity index (χ1v) is 9.93. The van der Waals surface area contributed by atoms with Crippen molar-refractivity contribution in [2.75, 3.05) is 20.2 Å². The summed E-state index contributed by atoms with van der Waals surface area (Å²) in [6.45, 7) is 1.51. The molecule has 1 atom stereocenters. The van der Waals surface area contributed by atoms with E-state index in [1.54, 1.807) is 7.11 Å². The summed E-state index contributed by atoms with van der Waals surface area (Å²) in [6, 6.07) is 8.99. The largest absolute Gasteiger partial charge is 0.497 e. The Kier molecular flexibility index (Phi) is 6.74. The van der Waals surface area contributed by atoms with E-state index in [1.165, 1.54) is 37.7 Å². The van der Waals surface area contributed by atoms with Crippen molar-refractivity contribution >= 4 is 5.91 Å². The van der Waals surface area contributed by atoms with Gasteiger partial charge in [0.25, 0.3) is 0 Å². The van der Waals surface area contributed by atoms with Crippen LogP contribution in [-0.4, -0.2) is 37.0 Å². The number of carbonyl (C=O) groups is 1. The molecular formula is C21H32N2O2. The molecule has 4 heteroatoms. The highest BCUT2D eigenvalue weighted by atomic mass is 16.5. The zero-order valence-corrected chi connectivity index (χ0v) is 15.5. The summed E-state index contributed by atoms with van der Waals surface area (Å²) >= 11 is 0. The number of benzene rings is 1. The monoisotopic (exact) mass is 344 g/mol. The summed E-state index contributed by atoms with van der Waals surface area (Å²) in [5.41, 5.74) is 1.26. The van der Waals surface area contributed by atoms with Crippen molar-refractivity contribution in [3.05, 3.63) is 29.8 Å². The standard InChI is InChI=1S/C21H32N2O2/c1-25-19-12-7-9-17(15-19)20-13-8-14-23(20)16-21(24)22-18-10-5-3-2-4-6-11-18/h7,9,12,15,18,20H,2-6,8,10-11,13-14,16H2,1H3,(H,22,24). The number of carbonyl (C=O) groups excluding carboxylic acids is 1. The van der Waals surface area contributed by atoms with Crippen molar-refractivity contribution in [2.45, 2.75) is 69.9 Å². The second kappa shape index (κ2) is 9.23. The number of nitrogens with one attached hydrogen (secondary N) is 1. The summed E-state index contributed by atoms with van der Waals surface area (Å²) in [6.07, 6.45) is 11.0. The maximum Gasteiger partial charge on any atom is 0.234 e. The van der Waals surface area contributed by atoms with Crippen LogP contribution in [0.1, 0.15) is 69.4 Å². The molecule has 0 bridgehead atoms. The Morgan fingerprint density at radius 2 is 1.88 bits per heavy atom. The minimum Gasteiger partial charge on any atom is -0.497 e. The molecule has 1 aliphatic heterocycles. The van der Waals surface area contributed by atoms with Crippen molar-refractivity contribution in [3.8, 4) is 5.75 Å². The predicted octanol–water partition coefficient (Wildman–Crippen LogP) is 4.06. The minimum absolute atomic E-state index is 0.195. The van der Waals surface area contributed by atoms with Crippen molar-refractivity contribution in [2.24, 2.45) is 0 Å². The Morgan fingerprint density at radius 3 is 2.64 bits per heavy atom. The van der Waals surface area contributed by atoms with Gasteiger partial charge in [0.05, 0.1) is 13.7 Å². The van der Waals surface area contributed by atoms with Crippen LogP contribution in [0.2, 0.25) is 0 Å². The molecule has 138 valence electrons. The van der Waals surface area contributed by atoms with Crippen LogP contribution < -0.4 is 10.1 Å². The van der Waals surface area contributed by atoms with Crippen LogP contribution >= 0.6 is 0 Å². The molecule has 3 rings (SSSR count). The second-order valence-electron chi connectivity index (χ2n) is 7.51. The van der Waals surface area contributed by atoms with Crippen LogP contribution in [0.3, 0.4) is 0 Å². The Labute approximate surface area is 151 Å².